The van der Waals surface area contributed by atoms with Crippen LogP contribution in [0.3, 0.4) is 0 Å². The highest BCUT2D eigenvalue weighted by Gasteiger charge is 2.40. The van der Waals surface area contributed by atoms with Crippen molar-refractivity contribution in [3.63, 3.8) is 0 Å². The molecule has 3 fully saturated rings. The van der Waals surface area contributed by atoms with E-state index in [1.807, 2.05) is 9.80 Å². The molecule has 1 aliphatic carbocycles. The maximum absolute atomic E-state index is 13.2. The summed E-state index contributed by atoms with van der Waals surface area (Å²) in [5.41, 5.74) is 2.54. The number of carbonyl (C=O) groups is 2. The van der Waals surface area contributed by atoms with Gasteiger partial charge in [0.25, 0.3) is 0 Å². The maximum atomic E-state index is 13.2. The van der Waals surface area contributed by atoms with E-state index in [4.69, 9.17) is 0 Å². The van der Waals surface area contributed by atoms with Crippen LogP contribution < -0.4 is 0 Å². The van der Waals surface area contributed by atoms with Gasteiger partial charge in [-0.2, -0.15) is 0 Å². The summed E-state index contributed by atoms with van der Waals surface area (Å²) in [6.45, 7) is 6.81. The quantitative estimate of drug-likeness (QED) is 0.768. The average Bonchev–Trinajstić information content (AvgIpc) is 3.42. The summed E-state index contributed by atoms with van der Waals surface area (Å²) < 4.78 is 0. The standard InChI is InChI=1S/C24H34N2O2/c1-17-5-7-19(8-6-17)21(20-9-10-20)16-23(27)26-13-3-4-22(26)24(28)25-14-11-18(2)12-15-25/h5-8,18,20-22H,3-4,9-16H2,1-2H3/t21?,22-/m1/s1. The zero-order chi connectivity index (χ0) is 19.7. The van der Waals surface area contributed by atoms with E-state index in [2.05, 4.69) is 38.1 Å². The second kappa shape index (κ2) is 8.26. The van der Waals surface area contributed by atoms with Crippen molar-refractivity contribution in [2.75, 3.05) is 19.6 Å². The van der Waals surface area contributed by atoms with Crippen molar-refractivity contribution < 1.29 is 9.59 Å². The van der Waals surface area contributed by atoms with Crippen molar-refractivity contribution in [2.24, 2.45) is 11.8 Å². The molecule has 0 aromatic heterocycles. The molecule has 2 saturated heterocycles. The number of nitrogens with zero attached hydrogens (tertiary/aromatic N) is 2. The average molecular weight is 383 g/mol. The van der Waals surface area contributed by atoms with E-state index in [9.17, 15) is 9.59 Å². The number of likely N-dealkylation sites (tertiary alicyclic amines) is 2. The van der Waals surface area contributed by atoms with Gasteiger partial charge in [-0.15, -0.1) is 0 Å². The van der Waals surface area contributed by atoms with Gasteiger partial charge in [-0.1, -0.05) is 36.8 Å². The van der Waals surface area contributed by atoms with Gasteiger partial charge in [0, 0.05) is 26.1 Å². The Morgan fingerprint density at radius 3 is 2.32 bits per heavy atom. The highest BCUT2D eigenvalue weighted by atomic mass is 16.2. The third kappa shape index (κ3) is 4.26. The minimum Gasteiger partial charge on any atom is -0.341 e. The number of piperidine rings is 1. The second-order valence-corrected chi connectivity index (χ2v) is 9.31. The lowest BCUT2D eigenvalue weighted by molar-refractivity contribution is -0.145. The fourth-order valence-corrected chi connectivity index (χ4v) is 4.94. The summed E-state index contributed by atoms with van der Waals surface area (Å²) in [5, 5.41) is 0. The van der Waals surface area contributed by atoms with Gasteiger partial charge in [-0.05, 0) is 68.8 Å². The molecule has 0 bridgehead atoms. The Kier molecular flexibility index (Phi) is 5.75. The number of benzene rings is 1. The third-order valence-corrected chi connectivity index (χ3v) is 7.04. The van der Waals surface area contributed by atoms with Gasteiger partial charge in [-0.25, -0.2) is 0 Å². The van der Waals surface area contributed by atoms with Crippen LogP contribution in [0.25, 0.3) is 0 Å². The highest BCUT2D eigenvalue weighted by Crippen LogP contribution is 2.45. The van der Waals surface area contributed by atoms with Crippen LogP contribution >= 0.6 is 0 Å². The molecule has 2 amide bonds. The van der Waals surface area contributed by atoms with Crippen molar-refractivity contribution in [1.82, 2.24) is 9.80 Å². The Hall–Kier alpha value is -1.84. The molecule has 28 heavy (non-hydrogen) atoms. The Labute approximate surface area is 169 Å². The lowest BCUT2D eigenvalue weighted by atomic mass is 9.90. The van der Waals surface area contributed by atoms with E-state index in [1.54, 1.807) is 0 Å². The van der Waals surface area contributed by atoms with Crippen LogP contribution in [0.2, 0.25) is 0 Å². The number of hydrogen-bond acceptors (Lipinski definition) is 2. The minimum atomic E-state index is -0.223. The SMILES string of the molecule is Cc1ccc(C(CC(=O)N2CCC[C@@H]2C(=O)N2CCC(C)CC2)C2CC2)cc1. The molecule has 0 spiro atoms. The van der Waals surface area contributed by atoms with Gasteiger partial charge in [0.1, 0.15) is 6.04 Å². The number of hydrogen-bond donors (Lipinski definition) is 0. The summed E-state index contributed by atoms with van der Waals surface area (Å²) in [6.07, 6.45) is 6.95. The van der Waals surface area contributed by atoms with E-state index in [0.29, 0.717) is 24.2 Å². The Morgan fingerprint density at radius 1 is 1.00 bits per heavy atom. The maximum Gasteiger partial charge on any atom is 0.245 e. The molecule has 1 aromatic carbocycles. The van der Waals surface area contributed by atoms with Crippen LogP contribution in [-0.2, 0) is 9.59 Å². The summed E-state index contributed by atoms with van der Waals surface area (Å²) in [7, 11) is 0. The van der Waals surface area contributed by atoms with Gasteiger partial charge >= 0.3 is 0 Å². The third-order valence-electron chi connectivity index (χ3n) is 7.04. The van der Waals surface area contributed by atoms with Gasteiger partial charge in [-0.3, -0.25) is 9.59 Å². The van der Waals surface area contributed by atoms with Crippen LogP contribution in [0, 0.1) is 18.8 Å². The molecule has 4 rings (SSSR count). The largest absolute Gasteiger partial charge is 0.341 e. The smallest absolute Gasteiger partial charge is 0.245 e. The normalized spacial score (nSPS) is 24.4. The van der Waals surface area contributed by atoms with Crippen LogP contribution in [0.1, 0.15) is 68.9 Å². The lowest BCUT2D eigenvalue weighted by Crippen LogP contribution is -2.50. The van der Waals surface area contributed by atoms with Gasteiger partial charge < -0.3 is 9.80 Å². The Morgan fingerprint density at radius 2 is 1.68 bits per heavy atom. The molecule has 1 aromatic rings. The number of rotatable bonds is 5. The molecule has 4 heteroatoms. The summed E-state index contributed by atoms with van der Waals surface area (Å²) in [6, 6.07) is 8.45. The van der Waals surface area contributed by atoms with Crippen molar-refractivity contribution in [3.05, 3.63) is 35.4 Å². The number of aryl methyl sites for hydroxylation is 1. The van der Waals surface area contributed by atoms with E-state index < -0.39 is 0 Å². The van der Waals surface area contributed by atoms with E-state index in [0.717, 1.165) is 45.3 Å². The topological polar surface area (TPSA) is 40.6 Å². The predicted octanol–water partition coefficient (Wildman–Crippen LogP) is 4.13. The number of amides is 2. The van der Waals surface area contributed by atoms with E-state index >= 15 is 0 Å². The molecule has 2 aliphatic heterocycles. The van der Waals surface area contributed by atoms with Gasteiger partial charge in [0.2, 0.25) is 11.8 Å². The van der Waals surface area contributed by atoms with E-state index in [1.165, 1.54) is 24.0 Å². The summed E-state index contributed by atoms with van der Waals surface area (Å²) in [5.74, 6) is 2.02. The summed E-state index contributed by atoms with van der Waals surface area (Å²) in [4.78, 5) is 30.2. The molecule has 1 unspecified atom stereocenters. The fraction of sp³-hybridized carbons (Fsp3) is 0.667. The molecule has 1 saturated carbocycles. The van der Waals surface area contributed by atoms with Gasteiger partial charge in [0.15, 0.2) is 0 Å². The summed E-state index contributed by atoms with van der Waals surface area (Å²) >= 11 is 0. The number of carbonyl (C=O) groups excluding carboxylic acids is 2. The van der Waals surface area contributed by atoms with Crippen LogP contribution in [0.4, 0.5) is 0 Å². The molecule has 4 nitrogen and oxygen atoms in total. The van der Waals surface area contributed by atoms with E-state index in [-0.39, 0.29) is 17.9 Å². The van der Waals surface area contributed by atoms with Crippen molar-refractivity contribution in [1.29, 1.82) is 0 Å². The zero-order valence-corrected chi connectivity index (χ0v) is 17.4. The monoisotopic (exact) mass is 382 g/mol. The molecular formula is C24H34N2O2. The highest BCUT2D eigenvalue weighted by molar-refractivity contribution is 5.88. The first kappa shape index (κ1) is 19.5. The van der Waals surface area contributed by atoms with Crippen LogP contribution in [0.5, 0.6) is 0 Å². The Bertz CT molecular complexity index is 702. The lowest BCUT2D eigenvalue weighted by Gasteiger charge is -2.35. The van der Waals surface area contributed by atoms with Crippen LogP contribution in [0.15, 0.2) is 24.3 Å². The molecular weight excluding hydrogens is 348 g/mol. The van der Waals surface area contributed by atoms with Crippen molar-refractivity contribution in [3.8, 4) is 0 Å². The first-order chi connectivity index (χ1) is 13.5. The van der Waals surface area contributed by atoms with Crippen LogP contribution in [-0.4, -0.2) is 47.3 Å². The molecule has 2 atom stereocenters. The fourth-order valence-electron chi connectivity index (χ4n) is 4.94. The first-order valence-corrected chi connectivity index (χ1v) is 11.2. The molecule has 0 radical (unpaired) electrons. The molecule has 152 valence electrons. The molecule has 3 aliphatic rings. The van der Waals surface area contributed by atoms with Crippen molar-refractivity contribution in [2.45, 2.75) is 70.8 Å². The molecule has 0 N–H and O–H groups in total. The van der Waals surface area contributed by atoms with Crippen molar-refractivity contribution >= 4 is 11.8 Å². The molecule has 2 heterocycles. The first-order valence-electron chi connectivity index (χ1n) is 11.2. The second-order valence-electron chi connectivity index (χ2n) is 9.31. The zero-order valence-electron chi connectivity index (χ0n) is 17.4. The predicted molar refractivity (Wildman–Crippen MR) is 111 cm³/mol. The Balaban J connectivity index is 1.42. The van der Waals surface area contributed by atoms with Gasteiger partial charge in [0.05, 0.1) is 0 Å². The minimum absolute atomic E-state index is 0.179.